The van der Waals surface area contributed by atoms with Gasteiger partial charge >= 0.3 is 0 Å². The molecule has 0 aliphatic carbocycles. The van der Waals surface area contributed by atoms with Gasteiger partial charge in [-0.1, -0.05) is 26.0 Å². The van der Waals surface area contributed by atoms with Crippen molar-refractivity contribution in [3.05, 3.63) is 35.6 Å². The Labute approximate surface area is 109 Å². The number of rotatable bonds is 4. The van der Waals surface area contributed by atoms with Crippen LogP contribution in [0.25, 0.3) is 0 Å². The molecule has 2 unspecified atom stereocenters. The highest BCUT2D eigenvalue weighted by Gasteiger charge is 2.32. The van der Waals surface area contributed by atoms with Crippen molar-refractivity contribution < 1.29 is 4.39 Å². The van der Waals surface area contributed by atoms with Gasteiger partial charge in [-0.25, -0.2) is 4.39 Å². The molecule has 2 atom stereocenters. The number of likely N-dealkylation sites (tertiary alicyclic amines) is 1. The Kier molecular flexibility index (Phi) is 4.03. The van der Waals surface area contributed by atoms with E-state index in [1.165, 1.54) is 12.0 Å². The molecule has 1 aromatic rings. The maximum Gasteiger partial charge on any atom is 0.123 e. The highest BCUT2D eigenvalue weighted by molar-refractivity contribution is 5.20. The predicted octanol–water partition coefficient (Wildman–Crippen LogP) is 2.60. The zero-order valence-electron chi connectivity index (χ0n) is 11.3. The number of benzene rings is 1. The van der Waals surface area contributed by atoms with E-state index in [1.807, 2.05) is 12.1 Å². The van der Waals surface area contributed by atoms with E-state index in [0.717, 1.165) is 26.2 Å². The first kappa shape index (κ1) is 13.5. The Balaban J connectivity index is 1.92. The summed E-state index contributed by atoms with van der Waals surface area (Å²) in [6, 6.07) is 6.86. The van der Waals surface area contributed by atoms with Crippen LogP contribution in [-0.4, -0.2) is 31.1 Å². The molecule has 2 nitrogen and oxygen atoms in total. The lowest BCUT2D eigenvalue weighted by molar-refractivity contribution is 0.270. The van der Waals surface area contributed by atoms with Crippen LogP contribution < -0.4 is 5.73 Å². The van der Waals surface area contributed by atoms with Gasteiger partial charge in [0.1, 0.15) is 5.82 Å². The molecule has 0 aromatic heterocycles. The maximum absolute atomic E-state index is 12.9. The number of nitrogens with two attached hydrogens (primary N) is 1. The van der Waals surface area contributed by atoms with Crippen molar-refractivity contribution in [3.63, 3.8) is 0 Å². The van der Waals surface area contributed by atoms with Gasteiger partial charge in [0.2, 0.25) is 0 Å². The average molecular weight is 250 g/mol. The Morgan fingerprint density at radius 2 is 2.06 bits per heavy atom. The largest absolute Gasteiger partial charge is 0.330 e. The zero-order valence-corrected chi connectivity index (χ0v) is 11.3. The molecule has 100 valence electrons. The summed E-state index contributed by atoms with van der Waals surface area (Å²) >= 11 is 0. The minimum Gasteiger partial charge on any atom is -0.330 e. The summed E-state index contributed by atoms with van der Waals surface area (Å²) in [5.41, 5.74) is 7.31. The van der Waals surface area contributed by atoms with E-state index >= 15 is 0 Å². The van der Waals surface area contributed by atoms with Gasteiger partial charge in [0.25, 0.3) is 0 Å². The number of halogens is 1. The standard InChI is InChI=1S/C15H23FN2/c1-12(13-3-5-14(16)6-4-13)9-18-8-7-15(2,10-17)11-18/h3-6,12H,7-11,17H2,1-2H3. The molecular formula is C15H23FN2. The van der Waals surface area contributed by atoms with Gasteiger partial charge in [-0.15, -0.1) is 0 Å². The molecule has 0 radical (unpaired) electrons. The van der Waals surface area contributed by atoms with Crippen LogP contribution in [0.1, 0.15) is 31.7 Å². The van der Waals surface area contributed by atoms with Crippen LogP contribution in [0.5, 0.6) is 0 Å². The maximum atomic E-state index is 12.9. The SMILES string of the molecule is CC(CN1CCC(C)(CN)C1)c1ccc(F)cc1. The molecule has 2 N–H and O–H groups in total. The summed E-state index contributed by atoms with van der Waals surface area (Å²) < 4.78 is 12.9. The first-order valence-corrected chi connectivity index (χ1v) is 6.70. The van der Waals surface area contributed by atoms with Crippen LogP contribution in [0.3, 0.4) is 0 Å². The molecule has 1 fully saturated rings. The molecule has 0 amide bonds. The van der Waals surface area contributed by atoms with Gasteiger partial charge in [0, 0.05) is 13.1 Å². The second kappa shape index (κ2) is 5.37. The van der Waals surface area contributed by atoms with E-state index in [2.05, 4.69) is 18.7 Å². The fourth-order valence-corrected chi connectivity index (χ4v) is 2.73. The van der Waals surface area contributed by atoms with Crippen molar-refractivity contribution in [1.29, 1.82) is 0 Å². The van der Waals surface area contributed by atoms with Crippen molar-refractivity contribution in [3.8, 4) is 0 Å². The van der Waals surface area contributed by atoms with Gasteiger partial charge < -0.3 is 10.6 Å². The molecule has 1 aliphatic rings. The second-order valence-electron chi connectivity index (χ2n) is 5.95. The lowest BCUT2D eigenvalue weighted by Gasteiger charge is -2.24. The van der Waals surface area contributed by atoms with Crippen LogP contribution >= 0.6 is 0 Å². The van der Waals surface area contributed by atoms with E-state index in [9.17, 15) is 4.39 Å². The minimum absolute atomic E-state index is 0.164. The Hall–Kier alpha value is -0.930. The second-order valence-corrected chi connectivity index (χ2v) is 5.95. The smallest absolute Gasteiger partial charge is 0.123 e. The molecule has 3 heteroatoms. The topological polar surface area (TPSA) is 29.3 Å². The zero-order chi connectivity index (χ0) is 13.2. The summed E-state index contributed by atoms with van der Waals surface area (Å²) in [5.74, 6) is 0.272. The van der Waals surface area contributed by atoms with Gasteiger partial charge in [-0.3, -0.25) is 0 Å². The molecular weight excluding hydrogens is 227 g/mol. The molecule has 1 aliphatic heterocycles. The molecule has 18 heavy (non-hydrogen) atoms. The van der Waals surface area contributed by atoms with Crippen molar-refractivity contribution in [2.24, 2.45) is 11.1 Å². The molecule has 0 bridgehead atoms. The van der Waals surface area contributed by atoms with Crippen LogP contribution in [0.4, 0.5) is 4.39 Å². The quantitative estimate of drug-likeness (QED) is 0.890. The molecule has 0 saturated carbocycles. The van der Waals surface area contributed by atoms with Crippen LogP contribution in [0, 0.1) is 11.2 Å². The minimum atomic E-state index is -0.164. The van der Waals surface area contributed by atoms with Crippen LogP contribution in [-0.2, 0) is 0 Å². The van der Waals surface area contributed by atoms with E-state index in [4.69, 9.17) is 5.73 Å². The third kappa shape index (κ3) is 3.09. The van der Waals surface area contributed by atoms with Crippen LogP contribution in [0.2, 0.25) is 0 Å². The summed E-state index contributed by atoms with van der Waals surface area (Å²) in [7, 11) is 0. The summed E-state index contributed by atoms with van der Waals surface area (Å²) in [4.78, 5) is 2.47. The first-order valence-electron chi connectivity index (χ1n) is 6.70. The van der Waals surface area contributed by atoms with Crippen LogP contribution in [0.15, 0.2) is 24.3 Å². The van der Waals surface area contributed by atoms with E-state index < -0.39 is 0 Å². The van der Waals surface area contributed by atoms with Gasteiger partial charge in [0.05, 0.1) is 0 Å². The third-order valence-corrected chi connectivity index (χ3v) is 4.10. The molecule has 1 saturated heterocycles. The fourth-order valence-electron chi connectivity index (χ4n) is 2.73. The fraction of sp³-hybridized carbons (Fsp3) is 0.600. The number of hydrogen-bond acceptors (Lipinski definition) is 2. The third-order valence-electron chi connectivity index (χ3n) is 4.10. The Morgan fingerprint density at radius 1 is 1.39 bits per heavy atom. The highest BCUT2D eigenvalue weighted by Crippen LogP contribution is 2.30. The highest BCUT2D eigenvalue weighted by atomic mass is 19.1. The van der Waals surface area contributed by atoms with Crippen molar-refractivity contribution in [1.82, 2.24) is 4.90 Å². The normalized spacial score (nSPS) is 26.4. The first-order chi connectivity index (χ1) is 8.52. The number of nitrogens with zero attached hydrogens (tertiary/aromatic N) is 1. The van der Waals surface area contributed by atoms with Gasteiger partial charge in [-0.05, 0) is 48.5 Å². The van der Waals surface area contributed by atoms with E-state index in [0.29, 0.717) is 5.92 Å². The lowest BCUT2D eigenvalue weighted by atomic mass is 9.90. The molecule has 0 spiro atoms. The van der Waals surface area contributed by atoms with Gasteiger partial charge in [0.15, 0.2) is 0 Å². The molecule has 1 aromatic carbocycles. The van der Waals surface area contributed by atoms with Crippen molar-refractivity contribution in [2.45, 2.75) is 26.2 Å². The number of hydrogen-bond donors (Lipinski definition) is 1. The predicted molar refractivity (Wildman–Crippen MR) is 73.0 cm³/mol. The molecule has 2 rings (SSSR count). The Bertz CT molecular complexity index is 390. The molecule has 1 heterocycles. The average Bonchev–Trinajstić information content (AvgIpc) is 2.72. The van der Waals surface area contributed by atoms with Crippen molar-refractivity contribution in [2.75, 3.05) is 26.2 Å². The van der Waals surface area contributed by atoms with E-state index in [-0.39, 0.29) is 11.2 Å². The summed E-state index contributed by atoms with van der Waals surface area (Å²) in [5, 5.41) is 0. The monoisotopic (exact) mass is 250 g/mol. The summed E-state index contributed by atoms with van der Waals surface area (Å²) in [6.07, 6.45) is 1.18. The van der Waals surface area contributed by atoms with Gasteiger partial charge in [-0.2, -0.15) is 0 Å². The van der Waals surface area contributed by atoms with Crippen molar-refractivity contribution >= 4 is 0 Å². The lowest BCUT2D eigenvalue weighted by Crippen LogP contribution is -2.32. The summed E-state index contributed by atoms with van der Waals surface area (Å²) in [6.45, 7) is 8.45. The Morgan fingerprint density at radius 3 is 2.61 bits per heavy atom. The van der Waals surface area contributed by atoms with E-state index in [1.54, 1.807) is 12.1 Å².